The van der Waals surface area contributed by atoms with E-state index in [4.69, 9.17) is 33.2 Å². The van der Waals surface area contributed by atoms with E-state index in [2.05, 4.69) is 60.7 Å². The number of hydrogen-bond donors (Lipinski definition) is 0. The monoisotopic (exact) mass is 312 g/mol. The first-order valence-electron chi connectivity index (χ1n) is 5.46. The van der Waals surface area contributed by atoms with Crippen molar-refractivity contribution >= 4 is 61.5 Å². The van der Waals surface area contributed by atoms with Crippen LogP contribution in [0.5, 0.6) is 0 Å². The average Bonchev–Trinajstić information content (AvgIpc) is 2.35. The Morgan fingerprint density at radius 1 is 0.556 bits per heavy atom. The average molecular weight is 314 g/mol. The first-order chi connectivity index (χ1) is 8.66. The maximum absolute atomic E-state index is 4.94. The maximum Gasteiger partial charge on any atom is 0.326 e. The van der Waals surface area contributed by atoms with Gasteiger partial charge in [-0.2, -0.15) is 0 Å². The zero-order chi connectivity index (χ0) is 13.0. The van der Waals surface area contributed by atoms with Crippen molar-refractivity contribution in [3.8, 4) is 0 Å². The van der Waals surface area contributed by atoms with Gasteiger partial charge in [-0.1, -0.05) is 48.5 Å². The summed E-state index contributed by atoms with van der Waals surface area (Å²) < 4.78 is 0. The summed E-state index contributed by atoms with van der Waals surface area (Å²) in [4.78, 5) is 0. The third kappa shape index (κ3) is 3.63. The molecule has 0 bridgehead atoms. The van der Waals surface area contributed by atoms with Crippen LogP contribution in [0.1, 0.15) is 0 Å². The minimum atomic E-state index is -1.72. The first-order valence-corrected chi connectivity index (χ1v) is 10.7. The Morgan fingerprint density at radius 3 is 1.00 bits per heavy atom. The SMILES string of the molecule is Cl[SiH](Cl)Cl.c1ccc2cc3ccccc3cc2c1. The van der Waals surface area contributed by atoms with Crippen LogP contribution in [0.3, 0.4) is 0 Å². The van der Waals surface area contributed by atoms with E-state index in [0.717, 1.165) is 0 Å². The highest BCUT2D eigenvalue weighted by molar-refractivity contribution is 7.54. The van der Waals surface area contributed by atoms with Crippen molar-refractivity contribution in [2.45, 2.75) is 0 Å². The molecule has 0 unspecified atom stereocenters. The molecule has 0 aliphatic carbocycles. The van der Waals surface area contributed by atoms with Crippen LogP contribution in [-0.4, -0.2) is 6.73 Å². The molecule has 0 N–H and O–H groups in total. The molecule has 0 radical (unpaired) electrons. The summed E-state index contributed by atoms with van der Waals surface area (Å²) in [5.41, 5.74) is 0. The van der Waals surface area contributed by atoms with Gasteiger partial charge in [0.05, 0.1) is 0 Å². The molecular weight excluding hydrogens is 303 g/mol. The lowest BCUT2D eigenvalue weighted by atomic mass is 10.0. The molecule has 0 spiro atoms. The van der Waals surface area contributed by atoms with E-state index in [1.54, 1.807) is 0 Å². The minimum Gasteiger partial charge on any atom is -0.130 e. The topological polar surface area (TPSA) is 0 Å². The molecule has 92 valence electrons. The lowest BCUT2D eigenvalue weighted by Crippen LogP contribution is -1.74. The van der Waals surface area contributed by atoms with Crippen molar-refractivity contribution in [2.75, 3.05) is 0 Å². The molecule has 3 aromatic carbocycles. The van der Waals surface area contributed by atoms with Crippen LogP contribution < -0.4 is 0 Å². The smallest absolute Gasteiger partial charge is 0.130 e. The van der Waals surface area contributed by atoms with Crippen LogP contribution in [0.15, 0.2) is 60.7 Å². The molecule has 0 fully saturated rings. The van der Waals surface area contributed by atoms with Gasteiger partial charge in [0.15, 0.2) is 0 Å². The molecule has 0 saturated carbocycles. The van der Waals surface area contributed by atoms with Crippen LogP contribution in [-0.2, 0) is 0 Å². The second-order valence-electron chi connectivity index (χ2n) is 3.79. The number of hydrogen-bond acceptors (Lipinski definition) is 0. The molecule has 0 aliphatic heterocycles. The Bertz CT molecular complexity index is 545. The first kappa shape index (κ1) is 13.7. The highest BCUT2D eigenvalue weighted by Crippen LogP contribution is 2.21. The van der Waals surface area contributed by atoms with Gasteiger partial charge in [-0.25, -0.2) is 0 Å². The quantitative estimate of drug-likeness (QED) is 0.295. The van der Waals surface area contributed by atoms with Gasteiger partial charge in [0.25, 0.3) is 0 Å². The number of benzene rings is 3. The Hall–Kier alpha value is -0.733. The summed E-state index contributed by atoms with van der Waals surface area (Å²) in [6.45, 7) is -1.72. The van der Waals surface area contributed by atoms with Gasteiger partial charge in [0.2, 0.25) is 0 Å². The lowest BCUT2D eigenvalue weighted by molar-refractivity contribution is 1.76. The van der Waals surface area contributed by atoms with Gasteiger partial charge in [0.1, 0.15) is 0 Å². The molecule has 0 amide bonds. The van der Waals surface area contributed by atoms with E-state index in [-0.39, 0.29) is 0 Å². The molecule has 0 heterocycles. The van der Waals surface area contributed by atoms with Crippen molar-refractivity contribution in [3.63, 3.8) is 0 Å². The van der Waals surface area contributed by atoms with Crippen LogP contribution in [0.4, 0.5) is 0 Å². The Morgan fingerprint density at radius 2 is 0.778 bits per heavy atom. The summed E-state index contributed by atoms with van der Waals surface area (Å²) in [6, 6.07) is 21.4. The van der Waals surface area contributed by atoms with Gasteiger partial charge < -0.3 is 0 Å². The van der Waals surface area contributed by atoms with Crippen LogP contribution in [0.2, 0.25) is 0 Å². The summed E-state index contributed by atoms with van der Waals surface area (Å²) in [5, 5.41) is 5.25. The van der Waals surface area contributed by atoms with Gasteiger partial charge >= 0.3 is 6.73 Å². The number of fused-ring (bicyclic) bond motifs is 2. The minimum absolute atomic E-state index is 1.31. The summed E-state index contributed by atoms with van der Waals surface area (Å²) in [5.74, 6) is 0. The fourth-order valence-corrected chi connectivity index (χ4v) is 1.88. The van der Waals surface area contributed by atoms with Crippen molar-refractivity contribution < 1.29 is 0 Å². The Labute approximate surface area is 122 Å². The Balaban J connectivity index is 0.000000267. The molecule has 3 rings (SSSR count). The van der Waals surface area contributed by atoms with Gasteiger partial charge in [-0.3, -0.25) is 0 Å². The molecule has 0 saturated heterocycles. The molecule has 3 aromatic rings. The van der Waals surface area contributed by atoms with E-state index < -0.39 is 6.73 Å². The molecule has 4 heteroatoms. The van der Waals surface area contributed by atoms with Gasteiger partial charge in [0, 0.05) is 0 Å². The lowest BCUT2D eigenvalue weighted by Gasteiger charge is -2.00. The standard InChI is InChI=1S/C14H10.Cl3HSi/c1-2-6-12-10-14-8-4-3-7-13(14)9-11(12)5-1;1-4(2)3/h1-10H;4H. The zero-order valence-corrected chi connectivity index (χ0v) is 12.9. The van der Waals surface area contributed by atoms with E-state index in [1.807, 2.05) is 0 Å². The largest absolute Gasteiger partial charge is 0.326 e. The normalized spacial score (nSPS) is 10.4. The van der Waals surface area contributed by atoms with Gasteiger partial charge in [-0.15, -0.1) is 33.2 Å². The molecule has 0 atom stereocenters. The maximum atomic E-state index is 4.94. The van der Waals surface area contributed by atoms with E-state index >= 15 is 0 Å². The van der Waals surface area contributed by atoms with E-state index in [0.29, 0.717) is 0 Å². The molecular formula is C14H11Cl3Si. The predicted octanol–water partition coefficient (Wildman–Crippen LogP) is 5.41. The summed E-state index contributed by atoms with van der Waals surface area (Å²) in [6.07, 6.45) is 0. The van der Waals surface area contributed by atoms with Crippen molar-refractivity contribution in [3.05, 3.63) is 60.7 Å². The van der Waals surface area contributed by atoms with E-state index in [1.165, 1.54) is 21.5 Å². The summed E-state index contributed by atoms with van der Waals surface area (Å²) in [7, 11) is 0. The fraction of sp³-hybridized carbons (Fsp3) is 0. The van der Waals surface area contributed by atoms with Crippen molar-refractivity contribution in [1.82, 2.24) is 0 Å². The van der Waals surface area contributed by atoms with E-state index in [9.17, 15) is 0 Å². The third-order valence-electron chi connectivity index (χ3n) is 2.61. The highest BCUT2D eigenvalue weighted by Gasteiger charge is 1.95. The molecule has 18 heavy (non-hydrogen) atoms. The number of halogens is 3. The second-order valence-corrected chi connectivity index (χ2v) is 10.2. The van der Waals surface area contributed by atoms with Gasteiger partial charge in [-0.05, 0) is 33.7 Å². The van der Waals surface area contributed by atoms with Crippen LogP contribution in [0.25, 0.3) is 21.5 Å². The fourth-order valence-electron chi connectivity index (χ4n) is 1.88. The van der Waals surface area contributed by atoms with Crippen molar-refractivity contribution in [1.29, 1.82) is 0 Å². The molecule has 0 aromatic heterocycles. The molecule has 0 aliphatic rings. The predicted molar refractivity (Wildman–Crippen MR) is 86.2 cm³/mol. The third-order valence-corrected chi connectivity index (χ3v) is 2.61. The number of rotatable bonds is 0. The van der Waals surface area contributed by atoms with Crippen LogP contribution in [0, 0.1) is 0 Å². The van der Waals surface area contributed by atoms with Crippen molar-refractivity contribution in [2.24, 2.45) is 0 Å². The van der Waals surface area contributed by atoms with Crippen LogP contribution >= 0.6 is 33.2 Å². The Kier molecular flexibility index (Phi) is 4.90. The second kappa shape index (κ2) is 6.44. The highest BCUT2D eigenvalue weighted by atomic mass is 35.8. The molecule has 0 nitrogen and oxygen atoms in total. The summed E-state index contributed by atoms with van der Waals surface area (Å²) >= 11 is 14.8. The zero-order valence-electron chi connectivity index (χ0n) is 9.48.